The molecule has 19 heavy (non-hydrogen) atoms. The molecular formula is C13H19ClN2O2S. The van der Waals surface area contributed by atoms with Crippen LogP contribution in [0.2, 0.25) is 5.02 Å². The molecule has 0 saturated heterocycles. The van der Waals surface area contributed by atoms with E-state index in [0.29, 0.717) is 25.6 Å². The first-order valence-corrected chi connectivity index (χ1v) is 8.29. The van der Waals surface area contributed by atoms with E-state index in [1.807, 2.05) is 6.92 Å². The average molecular weight is 303 g/mol. The van der Waals surface area contributed by atoms with Crippen LogP contribution in [0.3, 0.4) is 0 Å². The Hall–Kier alpha value is -0.620. The maximum Gasteiger partial charge on any atom is 0.244 e. The monoisotopic (exact) mass is 302 g/mol. The van der Waals surface area contributed by atoms with Crippen LogP contribution in [0.15, 0.2) is 23.1 Å². The minimum absolute atomic E-state index is 0.175. The van der Waals surface area contributed by atoms with E-state index in [9.17, 15) is 8.42 Å². The first-order chi connectivity index (χ1) is 8.98. The van der Waals surface area contributed by atoms with Crippen molar-refractivity contribution in [1.82, 2.24) is 4.31 Å². The predicted octanol–water partition coefficient (Wildman–Crippen LogP) is 2.22. The molecule has 4 nitrogen and oxygen atoms in total. The third-order valence-electron chi connectivity index (χ3n) is 3.36. The summed E-state index contributed by atoms with van der Waals surface area (Å²) < 4.78 is 26.6. The molecule has 1 fully saturated rings. The van der Waals surface area contributed by atoms with E-state index in [-0.39, 0.29) is 9.92 Å². The highest BCUT2D eigenvalue weighted by Crippen LogP contribution is 2.33. The summed E-state index contributed by atoms with van der Waals surface area (Å²) in [4.78, 5) is 0.175. The molecule has 0 atom stereocenters. The number of rotatable bonds is 6. The van der Waals surface area contributed by atoms with Crippen molar-refractivity contribution < 1.29 is 8.42 Å². The minimum atomic E-state index is -3.50. The first-order valence-electron chi connectivity index (χ1n) is 6.47. The molecular weight excluding hydrogens is 284 g/mol. The van der Waals surface area contributed by atoms with Crippen LogP contribution < -0.4 is 5.73 Å². The maximum atomic E-state index is 12.6. The number of nitrogens with two attached hydrogens (primary N) is 1. The van der Waals surface area contributed by atoms with Crippen LogP contribution in [0.4, 0.5) is 0 Å². The van der Waals surface area contributed by atoms with Gasteiger partial charge in [-0.1, -0.05) is 24.6 Å². The molecule has 0 radical (unpaired) electrons. The lowest BCUT2D eigenvalue weighted by Gasteiger charge is -2.21. The summed E-state index contributed by atoms with van der Waals surface area (Å²) in [5.41, 5.74) is 6.35. The van der Waals surface area contributed by atoms with Crippen molar-refractivity contribution in [2.45, 2.75) is 31.2 Å². The van der Waals surface area contributed by atoms with Crippen molar-refractivity contribution in [2.75, 3.05) is 13.1 Å². The van der Waals surface area contributed by atoms with Crippen LogP contribution >= 0.6 is 11.6 Å². The van der Waals surface area contributed by atoms with Crippen LogP contribution in [-0.2, 0) is 16.6 Å². The Kier molecular flexibility index (Phi) is 4.50. The van der Waals surface area contributed by atoms with Crippen LogP contribution in [0.25, 0.3) is 0 Å². The lowest BCUT2D eigenvalue weighted by atomic mass is 10.2. The molecule has 1 aromatic rings. The molecule has 0 spiro atoms. The van der Waals surface area contributed by atoms with Crippen molar-refractivity contribution in [2.24, 2.45) is 11.7 Å². The van der Waals surface area contributed by atoms with Gasteiger partial charge in [0.05, 0.1) is 5.02 Å². The van der Waals surface area contributed by atoms with Crippen molar-refractivity contribution in [3.8, 4) is 0 Å². The maximum absolute atomic E-state index is 12.6. The van der Waals surface area contributed by atoms with E-state index in [0.717, 1.165) is 18.4 Å². The lowest BCUT2D eigenvalue weighted by molar-refractivity contribution is 0.412. The SMILES string of the molecule is CCN(CC1CC1)S(=O)(=O)c1ccc(CN)cc1Cl. The van der Waals surface area contributed by atoms with Gasteiger partial charge in [-0.3, -0.25) is 0 Å². The second-order valence-corrected chi connectivity index (χ2v) is 7.18. The number of hydrogen-bond donors (Lipinski definition) is 1. The van der Waals surface area contributed by atoms with Gasteiger partial charge in [0, 0.05) is 19.6 Å². The highest BCUT2D eigenvalue weighted by atomic mass is 35.5. The Morgan fingerprint density at radius 2 is 2.11 bits per heavy atom. The zero-order valence-corrected chi connectivity index (χ0v) is 12.5. The van der Waals surface area contributed by atoms with E-state index in [2.05, 4.69) is 0 Å². The highest BCUT2D eigenvalue weighted by molar-refractivity contribution is 7.89. The molecule has 1 aliphatic rings. The number of halogens is 1. The van der Waals surface area contributed by atoms with E-state index >= 15 is 0 Å². The molecule has 6 heteroatoms. The molecule has 106 valence electrons. The molecule has 1 saturated carbocycles. The fourth-order valence-corrected chi connectivity index (χ4v) is 4.07. The smallest absolute Gasteiger partial charge is 0.244 e. The Labute approximate surface area is 119 Å². The number of benzene rings is 1. The van der Waals surface area contributed by atoms with Gasteiger partial charge in [-0.05, 0) is 36.5 Å². The molecule has 2 rings (SSSR count). The normalized spacial score (nSPS) is 16.0. The zero-order chi connectivity index (χ0) is 14.0. The predicted molar refractivity (Wildman–Crippen MR) is 76.5 cm³/mol. The van der Waals surface area contributed by atoms with Crippen molar-refractivity contribution >= 4 is 21.6 Å². The molecule has 0 amide bonds. The van der Waals surface area contributed by atoms with Crippen molar-refractivity contribution in [1.29, 1.82) is 0 Å². The minimum Gasteiger partial charge on any atom is -0.326 e. The molecule has 0 aromatic heterocycles. The van der Waals surface area contributed by atoms with E-state index in [4.69, 9.17) is 17.3 Å². The van der Waals surface area contributed by atoms with Gasteiger partial charge in [-0.15, -0.1) is 0 Å². The molecule has 0 unspecified atom stereocenters. The van der Waals surface area contributed by atoms with Crippen LogP contribution in [0, 0.1) is 5.92 Å². The Morgan fingerprint density at radius 1 is 1.42 bits per heavy atom. The Bertz CT molecular complexity index is 556. The second-order valence-electron chi connectivity index (χ2n) is 4.87. The average Bonchev–Trinajstić information content (AvgIpc) is 3.19. The van der Waals surface area contributed by atoms with Gasteiger partial charge in [-0.25, -0.2) is 8.42 Å². The van der Waals surface area contributed by atoms with Gasteiger partial charge in [0.2, 0.25) is 10.0 Å². The molecule has 0 bridgehead atoms. The van der Waals surface area contributed by atoms with E-state index < -0.39 is 10.0 Å². The summed E-state index contributed by atoms with van der Waals surface area (Å²) in [7, 11) is -3.50. The van der Waals surface area contributed by atoms with E-state index in [1.165, 1.54) is 4.31 Å². The van der Waals surface area contributed by atoms with Gasteiger partial charge in [0.1, 0.15) is 4.90 Å². The molecule has 2 N–H and O–H groups in total. The van der Waals surface area contributed by atoms with Gasteiger partial charge < -0.3 is 5.73 Å². The van der Waals surface area contributed by atoms with Crippen LogP contribution in [0.1, 0.15) is 25.3 Å². The van der Waals surface area contributed by atoms with Gasteiger partial charge in [0.25, 0.3) is 0 Å². The summed E-state index contributed by atoms with van der Waals surface area (Å²) in [5.74, 6) is 0.511. The van der Waals surface area contributed by atoms with Gasteiger partial charge in [0.15, 0.2) is 0 Å². The lowest BCUT2D eigenvalue weighted by Crippen LogP contribution is -2.33. The summed E-state index contributed by atoms with van der Waals surface area (Å²) in [6.07, 6.45) is 2.23. The summed E-state index contributed by atoms with van der Waals surface area (Å²) in [6.45, 7) is 3.25. The molecule has 1 aromatic carbocycles. The standard InChI is InChI=1S/C13H19ClN2O2S/c1-2-16(9-10-3-4-10)19(17,18)13-6-5-11(8-15)7-12(13)14/h5-7,10H,2-4,8-9,15H2,1H3. The largest absolute Gasteiger partial charge is 0.326 e. The van der Waals surface area contributed by atoms with Crippen LogP contribution in [-0.4, -0.2) is 25.8 Å². The van der Waals surface area contributed by atoms with Crippen LogP contribution in [0.5, 0.6) is 0 Å². The van der Waals surface area contributed by atoms with Gasteiger partial charge in [-0.2, -0.15) is 4.31 Å². The fourth-order valence-electron chi connectivity index (χ4n) is 2.01. The number of hydrogen-bond acceptors (Lipinski definition) is 3. The fraction of sp³-hybridized carbons (Fsp3) is 0.538. The summed E-state index contributed by atoms with van der Waals surface area (Å²) >= 11 is 6.08. The molecule has 0 aliphatic heterocycles. The third-order valence-corrected chi connectivity index (χ3v) is 5.78. The first kappa shape index (κ1) is 14.8. The Morgan fingerprint density at radius 3 is 2.58 bits per heavy atom. The molecule has 1 aliphatic carbocycles. The molecule has 0 heterocycles. The van der Waals surface area contributed by atoms with Crippen molar-refractivity contribution in [3.63, 3.8) is 0 Å². The second kappa shape index (κ2) is 5.79. The topological polar surface area (TPSA) is 63.4 Å². The highest BCUT2D eigenvalue weighted by Gasteiger charge is 2.31. The number of nitrogens with zero attached hydrogens (tertiary/aromatic N) is 1. The van der Waals surface area contributed by atoms with E-state index in [1.54, 1.807) is 18.2 Å². The van der Waals surface area contributed by atoms with Crippen molar-refractivity contribution in [3.05, 3.63) is 28.8 Å². The third kappa shape index (κ3) is 3.28. The number of sulfonamides is 1. The summed E-state index contributed by atoms with van der Waals surface area (Å²) in [5, 5.41) is 0.247. The quantitative estimate of drug-likeness (QED) is 0.876. The van der Waals surface area contributed by atoms with Gasteiger partial charge >= 0.3 is 0 Å². The Balaban J connectivity index is 2.31. The zero-order valence-electron chi connectivity index (χ0n) is 11.0. The summed E-state index contributed by atoms with van der Waals surface area (Å²) in [6, 6.07) is 4.89.